The van der Waals surface area contributed by atoms with E-state index in [0.717, 1.165) is 15.6 Å². The van der Waals surface area contributed by atoms with Crippen molar-refractivity contribution >= 4 is 29.1 Å². The quantitative estimate of drug-likeness (QED) is 0.621. The fraction of sp³-hybridized carbons (Fsp3) is 0.333. The lowest BCUT2D eigenvalue weighted by Crippen LogP contribution is -2.02. The second kappa shape index (κ2) is 4.95. The highest BCUT2D eigenvalue weighted by atomic mass is 35.5. The van der Waals surface area contributed by atoms with Gasteiger partial charge < -0.3 is 5.73 Å². The van der Waals surface area contributed by atoms with E-state index in [1.54, 1.807) is 11.8 Å². The summed E-state index contributed by atoms with van der Waals surface area (Å²) in [6.45, 7) is 0. The molecule has 0 radical (unpaired) electrons. The Balaban J connectivity index is 2.12. The highest BCUT2D eigenvalue weighted by molar-refractivity contribution is 8.00. The molecule has 0 fully saturated rings. The molecule has 2 N–H and O–H groups in total. The summed E-state index contributed by atoms with van der Waals surface area (Å²) in [5.41, 5.74) is 6.52. The van der Waals surface area contributed by atoms with Crippen molar-refractivity contribution in [2.45, 2.75) is 29.4 Å². The van der Waals surface area contributed by atoms with Crippen LogP contribution >= 0.6 is 23.4 Å². The highest BCUT2D eigenvalue weighted by Crippen LogP contribution is 2.35. The average Bonchev–Trinajstić information content (AvgIpc) is 2.25. The third-order valence-corrected chi connectivity index (χ3v) is 4.17. The van der Waals surface area contributed by atoms with Crippen LogP contribution in [-0.2, 0) is 0 Å². The van der Waals surface area contributed by atoms with Crippen LogP contribution in [0.1, 0.15) is 19.3 Å². The van der Waals surface area contributed by atoms with Gasteiger partial charge in [0.15, 0.2) is 0 Å². The van der Waals surface area contributed by atoms with Crippen LogP contribution in [0.2, 0.25) is 5.02 Å². The molecule has 1 nitrogen and oxygen atoms in total. The molecule has 1 aromatic rings. The van der Waals surface area contributed by atoms with Crippen LogP contribution in [0.4, 0.5) is 5.69 Å². The molecule has 0 saturated heterocycles. The molecule has 0 heterocycles. The molecule has 0 spiro atoms. The van der Waals surface area contributed by atoms with Crippen LogP contribution in [0.25, 0.3) is 0 Å². The number of nitrogen functional groups attached to an aromatic ring is 1. The zero-order valence-electron chi connectivity index (χ0n) is 8.45. The monoisotopic (exact) mass is 239 g/mol. The Labute approximate surface area is 99.7 Å². The molecule has 0 aromatic heterocycles. The van der Waals surface area contributed by atoms with E-state index in [9.17, 15) is 0 Å². The Bertz CT molecular complexity index is 376. The summed E-state index contributed by atoms with van der Waals surface area (Å²) in [5, 5.41) is 1.35. The summed E-state index contributed by atoms with van der Waals surface area (Å²) < 4.78 is 0. The molecule has 1 aromatic carbocycles. The number of hydrogen-bond donors (Lipinski definition) is 1. The Kier molecular flexibility index (Phi) is 3.60. The van der Waals surface area contributed by atoms with E-state index in [1.807, 2.05) is 18.2 Å². The van der Waals surface area contributed by atoms with Gasteiger partial charge in [-0.15, -0.1) is 11.8 Å². The van der Waals surface area contributed by atoms with E-state index in [4.69, 9.17) is 17.3 Å². The van der Waals surface area contributed by atoms with Crippen molar-refractivity contribution in [1.82, 2.24) is 0 Å². The van der Waals surface area contributed by atoms with E-state index in [2.05, 4.69) is 12.2 Å². The molecule has 80 valence electrons. The molecule has 0 aliphatic heterocycles. The van der Waals surface area contributed by atoms with Gasteiger partial charge in [0.05, 0.1) is 5.02 Å². The summed E-state index contributed by atoms with van der Waals surface area (Å²) in [6, 6.07) is 5.66. The number of rotatable bonds is 2. The van der Waals surface area contributed by atoms with Crippen molar-refractivity contribution in [2.24, 2.45) is 0 Å². The fourth-order valence-electron chi connectivity index (χ4n) is 1.65. The summed E-state index contributed by atoms with van der Waals surface area (Å²) >= 11 is 7.92. The van der Waals surface area contributed by atoms with E-state index in [1.165, 1.54) is 19.3 Å². The van der Waals surface area contributed by atoms with Gasteiger partial charge in [-0.25, -0.2) is 0 Å². The molecule has 0 bridgehead atoms. The predicted molar refractivity (Wildman–Crippen MR) is 68.5 cm³/mol. The van der Waals surface area contributed by atoms with Gasteiger partial charge in [-0.1, -0.05) is 23.8 Å². The maximum Gasteiger partial charge on any atom is 0.0543 e. The van der Waals surface area contributed by atoms with Gasteiger partial charge in [0.25, 0.3) is 0 Å². The number of nitrogens with two attached hydrogens (primary N) is 1. The van der Waals surface area contributed by atoms with Crippen LogP contribution in [0.15, 0.2) is 35.2 Å². The molecular formula is C12H14ClNS. The Hall–Kier alpha value is -0.600. The first-order valence-corrected chi connectivity index (χ1v) is 6.40. The molecule has 1 aliphatic carbocycles. The van der Waals surface area contributed by atoms with Crippen molar-refractivity contribution in [3.63, 3.8) is 0 Å². The van der Waals surface area contributed by atoms with Crippen molar-refractivity contribution in [1.29, 1.82) is 0 Å². The number of thioether (sulfide) groups is 1. The standard InChI is InChI=1S/C12H14ClNS/c13-11-7-6-9(14)8-12(11)15-10-4-2-1-3-5-10/h2,4,6-8,10H,1,3,5,14H2. The third-order valence-electron chi connectivity index (χ3n) is 2.44. The summed E-state index contributed by atoms with van der Waals surface area (Å²) in [7, 11) is 0. The minimum atomic E-state index is 0.554. The maximum atomic E-state index is 6.11. The number of halogens is 1. The van der Waals surface area contributed by atoms with E-state index < -0.39 is 0 Å². The van der Waals surface area contributed by atoms with Crippen LogP contribution in [0.3, 0.4) is 0 Å². The number of hydrogen-bond acceptors (Lipinski definition) is 2. The smallest absolute Gasteiger partial charge is 0.0543 e. The summed E-state index contributed by atoms with van der Waals surface area (Å²) in [4.78, 5) is 1.09. The van der Waals surface area contributed by atoms with E-state index in [0.29, 0.717) is 5.25 Å². The van der Waals surface area contributed by atoms with Crippen LogP contribution in [-0.4, -0.2) is 5.25 Å². The molecule has 2 rings (SSSR count). The van der Waals surface area contributed by atoms with Crippen LogP contribution < -0.4 is 5.73 Å². The largest absolute Gasteiger partial charge is 0.399 e. The lowest BCUT2D eigenvalue weighted by atomic mass is 10.1. The van der Waals surface area contributed by atoms with Gasteiger partial charge in [-0.3, -0.25) is 0 Å². The molecular weight excluding hydrogens is 226 g/mol. The lowest BCUT2D eigenvalue weighted by Gasteiger charge is -2.16. The van der Waals surface area contributed by atoms with Gasteiger partial charge >= 0.3 is 0 Å². The second-order valence-electron chi connectivity index (χ2n) is 3.71. The zero-order valence-corrected chi connectivity index (χ0v) is 10.0. The second-order valence-corrected chi connectivity index (χ2v) is 5.39. The van der Waals surface area contributed by atoms with Crippen LogP contribution in [0, 0.1) is 0 Å². The van der Waals surface area contributed by atoms with E-state index in [-0.39, 0.29) is 0 Å². The molecule has 1 atom stereocenters. The van der Waals surface area contributed by atoms with Gasteiger partial charge in [-0.05, 0) is 37.5 Å². The number of anilines is 1. The minimum Gasteiger partial charge on any atom is -0.399 e. The molecule has 0 saturated carbocycles. The number of allylic oxidation sites excluding steroid dienone is 1. The fourth-order valence-corrected chi connectivity index (χ4v) is 3.09. The molecule has 1 aliphatic rings. The van der Waals surface area contributed by atoms with Crippen molar-refractivity contribution < 1.29 is 0 Å². The number of benzene rings is 1. The lowest BCUT2D eigenvalue weighted by molar-refractivity contribution is 0.741. The molecule has 0 amide bonds. The highest BCUT2D eigenvalue weighted by Gasteiger charge is 2.11. The van der Waals surface area contributed by atoms with Crippen molar-refractivity contribution in [3.8, 4) is 0 Å². The Morgan fingerprint density at radius 1 is 1.40 bits per heavy atom. The normalized spacial score (nSPS) is 20.5. The van der Waals surface area contributed by atoms with Crippen molar-refractivity contribution in [3.05, 3.63) is 35.4 Å². The Morgan fingerprint density at radius 3 is 3.00 bits per heavy atom. The van der Waals surface area contributed by atoms with Gasteiger partial charge in [0.2, 0.25) is 0 Å². The van der Waals surface area contributed by atoms with Gasteiger partial charge in [0, 0.05) is 15.8 Å². The zero-order chi connectivity index (χ0) is 10.7. The van der Waals surface area contributed by atoms with Gasteiger partial charge in [0.1, 0.15) is 0 Å². The van der Waals surface area contributed by atoms with Crippen LogP contribution in [0.5, 0.6) is 0 Å². The summed E-state index contributed by atoms with van der Waals surface area (Å²) in [6.07, 6.45) is 8.23. The SMILES string of the molecule is Nc1ccc(Cl)c(SC2C=CCCC2)c1. The third kappa shape index (κ3) is 2.93. The molecule has 3 heteroatoms. The first-order valence-electron chi connectivity index (χ1n) is 5.14. The molecule has 15 heavy (non-hydrogen) atoms. The van der Waals surface area contributed by atoms with Gasteiger partial charge in [-0.2, -0.15) is 0 Å². The molecule has 1 unspecified atom stereocenters. The van der Waals surface area contributed by atoms with E-state index >= 15 is 0 Å². The Morgan fingerprint density at radius 2 is 2.27 bits per heavy atom. The summed E-state index contributed by atoms with van der Waals surface area (Å²) in [5.74, 6) is 0. The predicted octanol–water partition coefficient (Wildman–Crippen LogP) is 4.12. The maximum absolute atomic E-state index is 6.11. The topological polar surface area (TPSA) is 26.0 Å². The first kappa shape index (κ1) is 10.9. The minimum absolute atomic E-state index is 0.554. The average molecular weight is 240 g/mol. The van der Waals surface area contributed by atoms with Crippen molar-refractivity contribution in [2.75, 3.05) is 5.73 Å². The first-order chi connectivity index (χ1) is 7.25.